The molecule has 0 saturated carbocycles. The average Bonchev–Trinajstić information content (AvgIpc) is 2.56. The summed E-state index contributed by atoms with van der Waals surface area (Å²) in [6.07, 6.45) is 1.80. The molecule has 0 spiro atoms. The Morgan fingerprint density at radius 1 is 0.909 bits per heavy atom. The summed E-state index contributed by atoms with van der Waals surface area (Å²) in [6.45, 7) is 3.76. The van der Waals surface area contributed by atoms with Crippen LogP contribution in [0.1, 0.15) is 5.56 Å². The molecule has 108 valence electrons. The first-order chi connectivity index (χ1) is 10.7. The van der Waals surface area contributed by atoms with E-state index in [2.05, 4.69) is 29.0 Å². The van der Waals surface area contributed by atoms with E-state index in [1.807, 2.05) is 54.6 Å². The minimum Gasteiger partial charge on any atom is -0.399 e. The van der Waals surface area contributed by atoms with Crippen LogP contribution < -0.4 is 11.1 Å². The SMILES string of the molecule is C=C(N)c1cccc(Nc2ccc(-c3ccccn3)cc2)c1. The van der Waals surface area contributed by atoms with Gasteiger partial charge in [0.2, 0.25) is 0 Å². The summed E-state index contributed by atoms with van der Waals surface area (Å²) >= 11 is 0. The van der Waals surface area contributed by atoms with Crippen molar-refractivity contribution in [1.82, 2.24) is 4.98 Å². The van der Waals surface area contributed by atoms with Crippen LogP contribution in [-0.2, 0) is 0 Å². The van der Waals surface area contributed by atoms with Crippen LogP contribution in [0.15, 0.2) is 79.5 Å². The lowest BCUT2D eigenvalue weighted by atomic mass is 10.1. The molecule has 0 saturated heterocycles. The second-order valence-electron chi connectivity index (χ2n) is 5.02. The Hall–Kier alpha value is -3.07. The van der Waals surface area contributed by atoms with Gasteiger partial charge in [-0.25, -0.2) is 0 Å². The molecule has 3 N–H and O–H groups in total. The lowest BCUT2D eigenvalue weighted by molar-refractivity contribution is 1.33. The summed E-state index contributed by atoms with van der Waals surface area (Å²) in [4.78, 5) is 4.35. The molecule has 22 heavy (non-hydrogen) atoms. The molecule has 0 amide bonds. The molecule has 0 aliphatic carbocycles. The third kappa shape index (κ3) is 3.15. The quantitative estimate of drug-likeness (QED) is 0.746. The van der Waals surface area contributed by atoms with E-state index in [1.165, 1.54) is 0 Å². The highest BCUT2D eigenvalue weighted by atomic mass is 14.9. The van der Waals surface area contributed by atoms with Crippen molar-refractivity contribution in [1.29, 1.82) is 0 Å². The minimum absolute atomic E-state index is 0.564. The molecule has 3 nitrogen and oxygen atoms in total. The summed E-state index contributed by atoms with van der Waals surface area (Å²) in [7, 11) is 0. The van der Waals surface area contributed by atoms with Gasteiger partial charge >= 0.3 is 0 Å². The van der Waals surface area contributed by atoms with Gasteiger partial charge in [-0.1, -0.05) is 36.9 Å². The number of rotatable bonds is 4. The van der Waals surface area contributed by atoms with Crippen molar-refractivity contribution in [3.8, 4) is 11.3 Å². The number of pyridine rings is 1. The first kappa shape index (κ1) is 13.9. The molecular weight excluding hydrogens is 270 g/mol. The summed E-state index contributed by atoms with van der Waals surface area (Å²) in [5.74, 6) is 0. The van der Waals surface area contributed by atoms with Crippen molar-refractivity contribution in [3.63, 3.8) is 0 Å². The number of nitrogens with zero attached hydrogens (tertiary/aromatic N) is 1. The fraction of sp³-hybridized carbons (Fsp3) is 0. The Balaban J connectivity index is 1.79. The highest BCUT2D eigenvalue weighted by molar-refractivity contribution is 5.69. The number of nitrogens with two attached hydrogens (primary N) is 1. The highest BCUT2D eigenvalue weighted by Gasteiger charge is 2.00. The second-order valence-corrected chi connectivity index (χ2v) is 5.02. The van der Waals surface area contributed by atoms with Crippen LogP contribution in [0.3, 0.4) is 0 Å². The predicted molar refractivity (Wildman–Crippen MR) is 92.6 cm³/mol. The molecule has 3 aromatic rings. The average molecular weight is 287 g/mol. The third-order valence-electron chi connectivity index (χ3n) is 3.37. The van der Waals surface area contributed by atoms with Gasteiger partial charge < -0.3 is 11.1 Å². The monoisotopic (exact) mass is 287 g/mol. The van der Waals surface area contributed by atoms with Gasteiger partial charge in [0, 0.05) is 28.8 Å². The smallest absolute Gasteiger partial charge is 0.0701 e. The molecule has 0 fully saturated rings. The largest absolute Gasteiger partial charge is 0.399 e. The van der Waals surface area contributed by atoms with E-state index in [1.54, 1.807) is 6.20 Å². The fourth-order valence-corrected chi connectivity index (χ4v) is 2.22. The number of benzene rings is 2. The first-order valence-corrected chi connectivity index (χ1v) is 7.06. The second kappa shape index (κ2) is 6.14. The molecule has 0 aliphatic heterocycles. The van der Waals surface area contributed by atoms with Gasteiger partial charge in [-0.05, 0) is 42.0 Å². The zero-order valence-corrected chi connectivity index (χ0v) is 12.2. The van der Waals surface area contributed by atoms with Crippen molar-refractivity contribution in [3.05, 3.63) is 85.1 Å². The van der Waals surface area contributed by atoms with Crippen molar-refractivity contribution >= 4 is 17.1 Å². The standard InChI is InChI=1S/C19H17N3/c1-14(20)16-5-4-6-18(13-16)22-17-10-8-15(9-11-17)19-7-2-3-12-21-19/h2-13,22H,1,20H2. The molecule has 0 bridgehead atoms. The molecule has 0 radical (unpaired) electrons. The zero-order valence-electron chi connectivity index (χ0n) is 12.2. The Morgan fingerprint density at radius 2 is 1.73 bits per heavy atom. The highest BCUT2D eigenvalue weighted by Crippen LogP contribution is 2.23. The molecule has 0 aliphatic rings. The van der Waals surface area contributed by atoms with Gasteiger partial charge in [0.1, 0.15) is 0 Å². The number of hydrogen-bond donors (Lipinski definition) is 2. The molecule has 1 aromatic heterocycles. The maximum atomic E-state index is 5.73. The lowest BCUT2D eigenvalue weighted by Crippen LogP contribution is -1.96. The molecular formula is C19H17N3. The summed E-state index contributed by atoms with van der Waals surface area (Å²) in [6, 6.07) is 22.0. The van der Waals surface area contributed by atoms with E-state index in [0.29, 0.717) is 5.70 Å². The van der Waals surface area contributed by atoms with E-state index >= 15 is 0 Å². The summed E-state index contributed by atoms with van der Waals surface area (Å²) in [5, 5.41) is 3.36. The minimum atomic E-state index is 0.564. The number of anilines is 2. The Labute approximate surface area is 130 Å². The van der Waals surface area contributed by atoms with Crippen LogP contribution in [0.2, 0.25) is 0 Å². The van der Waals surface area contributed by atoms with Gasteiger partial charge in [-0.2, -0.15) is 0 Å². The van der Waals surface area contributed by atoms with Crippen molar-refractivity contribution < 1.29 is 0 Å². The van der Waals surface area contributed by atoms with E-state index in [0.717, 1.165) is 28.2 Å². The maximum Gasteiger partial charge on any atom is 0.0701 e. The van der Waals surface area contributed by atoms with Crippen LogP contribution in [-0.4, -0.2) is 4.98 Å². The lowest BCUT2D eigenvalue weighted by Gasteiger charge is -2.09. The molecule has 1 heterocycles. The van der Waals surface area contributed by atoms with Gasteiger partial charge in [-0.3, -0.25) is 4.98 Å². The van der Waals surface area contributed by atoms with Gasteiger partial charge in [-0.15, -0.1) is 0 Å². The predicted octanol–water partition coefficient (Wildman–Crippen LogP) is 4.42. The molecule has 2 aromatic carbocycles. The summed E-state index contributed by atoms with van der Waals surface area (Å²) < 4.78 is 0. The maximum absolute atomic E-state index is 5.73. The fourth-order valence-electron chi connectivity index (χ4n) is 2.22. The van der Waals surface area contributed by atoms with Gasteiger partial charge in [0.15, 0.2) is 0 Å². The Morgan fingerprint density at radius 3 is 2.41 bits per heavy atom. The van der Waals surface area contributed by atoms with E-state index < -0.39 is 0 Å². The Kier molecular flexibility index (Phi) is 3.88. The normalized spacial score (nSPS) is 10.2. The number of aromatic nitrogens is 1. The van der Waals surface area contributed by atoms with Crippen molar-refractivity contribution in [2.75, 3.05) is 5.32 Å². The Bertz CT molecular complexity index is 777. The number of nitrogens with one attached hydrogen (secondary N) is 1. The molecule has 0 unspecified atom stereocenters. The van der Waals surface area contributed by atoms with Crippen LogP contribution in [0, 0.1) is 0 Å². The van der Waals surface area contributed by atoms with Crippen LogP contribution in [0.25, 0.3) is 17.0 Å². The van der Waals surface area contributed by atoms with Gasteiger partial charge in [0.05, 0.1) is 5.69 Å². The van der Waals surface area contributed by atoms with Crippen molar-refractivity contribution in [2.45, 2.75) is 0 Å². The van der Waals surface area contributed by atoms with Crippen LogP contribution in [0.5, 0.6) is 0 Å². The molecule has 0 atom stereocenters. The summed E-state index contributed by atoms with van der Waals surface area (Å²) in [5.41, 5.74) is 11.3. The van der Waals surface area contributed by atoms with E-state index in [9.17, 15) is 0 Å². The molecule has 3 heteroatoms. The van der Waals surface area contributed by atoms with Crippen LogP contribution in [0.4, 0.5) is 11.4 Å². The first-order valence-electron chi connectivity index (χ1n) is 7.06. The number of hydrogen-bond acceptors (Lipinski definition) is 3. The topological polar surface area (TPSA) is 50.9 Å². The van der Waals surface area contributed by atoms with Gasteiger partial charge in [0.25, 0.3) is 0 Å². The molecule has 3 rings (SSSR count). The van der Waals surface area contributed by atoms with E-state index in [4.69, 9.17) is 5.73 Å². The zero-order chi connectivity index (χ0) is 15.4. The van der Waals surface area contributed by atoms with E-state index in [-0.39, 0.29) is 0 Å². The third-order valence-corrected chi connectivity index (χ3v) is 3.37. The van der Waals surface area contributed by atoms with Crippen molar-refractivity contribution in [2.24, 2.45) is 5.73 Å². The van der Waals surface area contributed by atoms with Crippen LogP contribution >= 0.6 is 0 Å².